The Morgan fingerprint density at radius 1 is 1.17 bits per heavy atom. The number of fused-ring (bicyclic) bond motifs is 2. The lowest BCUT2D eigenvalue weighted by Gasteiger charge is -2.21. The molecule has 3 aliphatic heterocycles. The van der Waals surface area contributed by atoms with Crippen LogP contribution in [0.25, 0.3) is 10.9 Å². The highest BCUT2D eigenvalue weighted by Gasteiger charge is 2.48. The van der Waals surface area contributed by atoms with E-state index in [-0.39, 0.29) is 24.4 Å². The predicted molar refractivity (Wildman–Crippen MR) is 129 cm³/mol. The lowest BCUT2D eigenvalue weighted by atomic mass is 10.1. The van der Waals surface area contributed by atoms with Gasteiger partial charge in [-0.05, 0) is 24.6 Å². The minimum absolute atomic E-state index is 0.169. The number of ether oxygens (including phenoxy) is 3. The van der Waals surface area contributed by atoms with E-state index in [1.54, 1.807) is 24.3 Å². The maximum absolute atomic E-state index is 15.2. The second kappa shape index (κ2) is 8.82. The van der Waals surface area contributed by atoms with Crippen molar-refractivity contribution in [3.8, 4) is 5.75 Å². The maximum atomic E-state index is 15.2. The second-order valence-electron chi connectivity index (χ2n) is 8.75. The molecule has 9 nitrogen and oxygen atoms in total. The number of nitrogens with one attached hydrogen (secondary N) is 1. The fourth-order valence-electron chi connectivity index (χ4n) is 4.48. The quantitative estimate of drug-likeness (QED) is 0.524. The third kappa shape index (κ3) is 4.31. The van der Waals surface area contributed by atoms with Gasteiger partial charge in [-0.15, -0.1) is 0 Å². The Kier molecular flexibility index (Phi) is 5.76. The van der Waals surface area contributed by atoms with Gasteiger partial charge in [0.05, 0.1) is 45.2 Å². The van der Waals surface area contributed by atoms with Crippen molar-refractivity contribution < 1.29 is 27.9 Å². The summed E-state index contributed by atoms with van der Waals surface area (Å²) < 4.78 is 49.4. The molecular formula is C23H22ClFN4O5S. The van der Waals surface area contributed by atoms with Crippen LogP contribution in [-0.2, 0) is 19.2 Å². The average Bonchev–Trinajstić information content (AvgIpc) is 3.37. The van der Waals surface area contributed by atoms with Crippen LogP contribution in [0, 0.1) is 5.82 Å². The Hall–Kier alpha value is -2.57. The fraction of sp³-hybridized carbons (Fsp3) is 0.391. The molecule has 4 heterocycles. The lowest BCUT2D eigenvalue weighted by Crippen LogP contribution is -2.34. The van der Waals surface area contributed by atoms with E-state index in [0.717, 1.165) is 6.42 Å². The molecule has 35 heavy (non-hydrogen) atoms. The van der Waals surface area contributed by atoms with Crippen LogP contribution in [0.2, 0.25) is 5.02 Å². The number of hydrogen-bond acceptors (Lipinski definition) is 9. The predicted octanol–water partition coefficient (Wildman–Crippen LogP) is 3.58. The van der Waals surface area contributed by atoms with Gasteiger partial charge in [0.2, 0.25) is 0 Å². The fourth-order valence-corrected chi connectivity index (χ4v) is 6.10. The zero-order valence-corrected chi connectivity index (χ0v) is 20.0. The molecule has 3 saturated heterocycles. The van der Waals surface area contributed by atoms with E-state index in [1.165, 1.54) is 12.4 Å². The van der Waals surface area contributed by atoms with Crippen molar-refractivity contribution >= 4 is 49.4 Å². The standard InChI is InChI=1S/C23H22ClFN4O5S/c24-12-2-3-15(18(6-12)34-19-10-33-21-17(30)9-32-22(19)21)28-23-20-14(25)7-13(8-16(20)26-11-27-23)29-35(31)4-1-5-35/h2-3,6-8,11,17,19,21-22,30H,1,4-5,9-10H2,(H,26,27,28)/t17-,19-,21-,22-/m1/s1. The molecule has 0 bridgehead atoms. The molecule has 2 N–H and O–H groups in total. The van der Waals surface area contributed by atoms with Crippen molar-refractivity contribution in [2.24, 2.45) is 4.36 Å². The zero-order chi connectivity index (χ0) is 24.2. The third-order valence-corrected chi connectivity index (χ3v) is 8.96. The molecule has 4 atom stereocenters. The molecule has 0 spiro atoms. The number of halogens is 2. The molecule has 0 saturated carbocycles. The summed E-state index contributed by atoms with van der Waals surface area (Å²) in [5.41, 5.74) is 1.14. The molecule has 184 valence electrons. The number of hydrogen-bond donors (Lipinski definition) is 2. The highest BCUT2D eigenvalue weighted by Crippen LogP contribution is 2.37. The molecule has 0 amide bonds. The number of anilines is 2. The number of aromatic nitrogens is 2. The van der Waals surface area contributed by atoms with Crippen LogP contribution in [0.1, 0.15) is 6.42 Å². The number of rotatable bonds is 5. The minimum Gasteiger partial charge on any atom is -0.483 e. The third-order valence-electron chi connectivity index (χ3n) is 6.33. The molecule has 0 aliphatic carbocycles. The summed E-state index contributed by atoms with van der Waals surface area (Å²) in [6.07, 6.45) is 0.189. The minimum atomic E-state index is -2.28. The molecule has 1 aromatic heterocycles. The van der Waals surface area contributed by atoms with Gasteiger partial charge >= 0.3 is 0 Å². The van der Waals surface area contributed by atoms with Crippen LogP contribution in [0.15, 0.2) is 41.0 Å². The van der Waals surface area contributed by atoms with Crippen molar-refractivity contribution in [3.05, 3.63) is 47.5 Å². The van der Waals surface area contributed by atoms with Crippen molar-refractivity contribution in [1.82, 2.24) is 9.97 Å². The van der Waals surface area contributed by atoms with Crippen LogP contribution in [0.3, 0.4) is 0 Å². The molecule has 3 aliphatic rings. The summed E-state index contributed by atoms with van der Waals surface area (Å²) >= 11 is 6.22. The average molecular weight is 521 g/mol. The summed E-state index contributed by atoms with van der Waals surface area (Å²) in [7, 11) is -2.28. The first-order chi connectivity index (χ1) is 16.9. The van der Waals surface area contributed by atoms with E-state index in [9.17, 15) is 9.32 Å². The Labute approximate surface area is 205 Å². The number of aliphatic hydroxyl groups excluding tert-OH is 1. The van der Waals surface area contributed by atoms with Crippen LogP contribution in [0.4, 0.5) is 21.6 Å². The van der Waals surface area contributed by atoms with Gasteiger partial charge in [-0.3, -0.25) is 0 Å². The maximum Gasteiger partial charge on any atom is 0.151 e. The van der Waals surface area contributed by atoms with E-state index in [0.29, 0.717) is 39.2 Å². The van der Waals surface area contributed by atoms with Gasteiger partial charge in [0.15, 0.2) is 6.10 Å². The number of benzene rings is 2. The van der Waals surface area contributed by atoms with Gasteiger partial charge in [-0.1, -0.05) is 11.6 Å². The summed E-state index contributed by atoms with van der Waals surface area (Å²) in [5.74, 6) is 1.11. The summed E-state index contributed by atoms with van der Waals surface area (Å²) in [6.45, 7) is 0.435. The smallest absolute Gasteiger partial charge is 0.151 e. The van der Waals surface area contributed by atoms with Gasteiger partial charge in [0, 0.05) is 28.7 Å². The molecular weight excluding hydrogens is 499 g/mol. The van der Waals surface area contributed by atoms with E-state index in [4.69, 9.17) is 25.8 Å². The normalized spacial score (nSPS) is 26.8. The van der Waals surface area contributed by atoms with Gasteiger partial charge in [0.1, 0.15) is 42.0 Å². The van der Waals surface area contributed by atoms with Gasteiger partial charge in [0.25, 0.3) is 0 Å². The number of aliphatic hydroxyl groups is 1. The topological polar surface area (TPSA) is 115 Å². The van der Waals surface area contributed by atoms with Gasteiger partial charge in [-0.2, -0.15) is 4.36 Å². The molecule has 3 fully saturated rings. The summed E-state index contributed by atoms with van der Waals surface area (Å²) in [4.78, 5) is 8.42. The largest absolute Gasteiger partial charge is 0.483 e. The van der Waals surface area contributed by atoms with Crippen LogP contribution in [-0.4, -0.2) is 68.4 Å². The SMILES string of the molecule is O=S1(=Nc2cc(F)c3c(Nc4ccc(Cl)cc4O[C@@H]4CO[C@H]5[C@@H]4OC[C@H]5O)ncnc3c2)CCC1. The molecule has 0 unspecified atom stereocenters. The highest BCUT2D eigenvalue weighted by molar-refractivity contribution is 7.95. The summed E-state index contributed by atoms with van der Waals surface area (Å²) in [6, 6.07) is 7.86. The van der Waals surface area contributed by atoms with Crippen molar-refractivity contribution in [3.63, 3.8) is 0 Å². The second-order valence-corrected chi connectivity index (χ2v) is 11.7. The highest BCUT2D eigenvalue weighted by atomic mass is 35.5. The van der Waals surface area contributed by atoms with Crippen molar-refractivity contribution in [2.75, 3.05) is 30.0 Å². The van der Waals surface area contributed by atoms with E-state index in [1.807, 2.05) is 0 Å². The van der Waals surface area contributed by atoms with Crippen LogP contribution < -0.4 is 10.1 Å². The molecule has 3 aromatic rings. The first kappa shape index (κ1) is 22.9. The van der Waals surface area contributed by atoms with Crippen molar-refractivity contribution in [2.45, 2.75) is 30.8 Å². The Morgan fingerprint density at radius 2 is 2.00 bits per heavy atom. The van der Waals surface area contributed by atoms with Gasteiger partial charge in [-0.25, -0.2) is 18.6 Å². The summed E-state index contributed by atoms with van der Waals surface area (Å²) in [5, 5.41) is 13.7. The van der Waals surface area contributed by atoms with E-state index < -0.39 is 40.0 Å². The Morgan fingerprint density at radius 3 is 2.80 bits per heavy atom. The van der Waals surface area contributed by atoms with Crippen LogP contribution >= 0.6 is 11.6 Å². The molecule has 6 rings (SSSR count). The first-order valence-electron chi connectivity index (χ1n) is 11.2. The molecule has 12 heteroatoms. The Balaban J connectivity index is 1.32. The number of nitrogens with zero attached hydrogens (tertiary/aromatic N) is 3. The van der Waals surface area contributed by atoms with Gasteiger partial charge < -0.3 is 24.6 Å². The lowest BCUT2D eigenvalue weighted by molar-refractivity contribution is 0.00876. The monoisotopic (exact) mass is 520 g/mol. The Bertz CT molecular complexity index is 1420. The van der Waals surface area contributed by atoms with Crippen LogP contribution in [0.5, 0.6) is 5.75 Å². The zero-order valence-electron chi connectivity index (χ0n) is 18.4. The molecule has 2 aromatic carbocycles. The van der Waals surface area contributed by atoms with E-state index >= 15 is 4.39 Å². The van der Waals surface area contributed by atoms with Crippen molar-refractivity contribution in [1.29, 1.82) is 0 Å². The first-order valence-corrected chi connectivity index (χ1v) is 13.4. The van der Waals surface area contributed by atoms with E-state index in [2.05, 4.69) is 19.6 Å². The molecule has 0 radical (unpaired) electrons.